The highest BCUT2D eigenvalue weighted by Gasteiger charge is 2.28. The molecule has 30 heavy (non-hydrogen) atoms. The summed E-state index contributed by atoms with van der Waals surface area (Å²) in [5, 5.41) is 0.985. The summed E-state index contributed by atoms with van der Waals surface area (Å²) >= 11 is 0. The molecule has 2 aromatic carbocycles. The fourth-order valence-electron chi connectivity index (χ4n) is 4.36. The normalized spacial score (nSPS) is 17.3. The summed E-state index contributed by atoms with van der Waals surface area (Å²) in [6.45, 7) is 2.23. The van der Waals surface area contributed by atoms with Gasteiger partial charge in [0.2, 0.25) is 0 Å². The van der Waals surface area contributed by atoms with Gasteiger partial charge >= 0.3 is 0 Å². The van der Waals surface area contributed by atoms with E-state index in [1.807, 2.05) is 60.0 Å². The predicted molar refractivity (Wildman–Crippen MR) is 116 cm³/mol. The van der Waals surface area contributed by atoms with Gasteiger partial charge in [0.25, 0.3) is 5.91 Å². The van der Waals surface area contributed by atoms with Crippen LogP contribution in [0, 0.1) is 5.82 Å². The largest absolute Gasteiger partial charge is 0.497 e. The van der Waals surface area contributed by atoms with E-state index < -0.39 is 0 Å². The summed E-state index contributed by atoms with van der Waals surface area (Å²) in [5.41, 5.74) is 2.36. The zero-order valence-electron chi connectivity index (χ0n) is 17.8. The molecule has 6 heteroatoms. The van der Waals surface area contributed by atoms with Gasteiger partial charge in [-0.1, -0.05) is 18.2 Å². The average molecular weight is 410 g/mol. The first-order valence-electron chi connectivity index (χ1n) is 10.3. The maximum Gasteiger partial charge on any atom is 0.270 e. The number of likely N-dealkylation sites (N-methyl/N-ethyl adjacent to an activating group) is 1. The van der Waals surface area contributed by atoms with Gasteiger partial charge in [-0.05, 0) is 49.7 Å². The summed E-state index contributed by atoms with van der Waals surface area (Å²) in [7, 11) is 5.43. The van der Waals surface area contributed by atoms with Crippen LogP contribution in [0.2, 0.25) is 0 Å². The third kappa shape index (κ3) is 3.92. The molecule has 2 heterocycles. The minimum absolute atomic E-state index is 0.00501. The van der Waals surface area contributed by atoms with Crippen LogP contribution >= 0.6 is 0 Å². The van der Waals surface area contributed by atoms with E-state index in [-0.39, 0.29) is 17.8 Å². The molecule has 1 aliphatic heterocycles. The van der Waals surface area contributed by atoms with Gasteiger partial charge in [0.05, 0.1) is 7.11 Å². The van der Waals surface area contributed by atoms with Crippen molar-refractivity contribution in [3.05, 3.63) is 65.6 Å². The van der Waals surface area contributed by atoms with E-state index in [0.29, 0.717) is 17.8 Å². The van der Waals surface area contributed by atoms with E-state index in [1.165, 1.54) is 6.07 Å². The molecule has 158 valence electrons. The number of rotatable bonds is 5. The number of hydrogen-bond acceptors (Lipinski definition) is 3. The van der Waals surface area contributed by atoms with Crippen LogP contribution in [-0.4, -0.2) is 53.6 Å². The Hall–Kier alpha value is -2.86. The first kappa shape index (κ1) is 20.4. The van der Waals surface area contributed by atoms with Crippen molar-refractivity contribution in [1.82, 2.24) is 14.4 Å². The molecule has 0 aliphatic carbocycles. The van der Waals surface area contributed by atoms with Crippen molar-refractivity contribution in [2.24, 2.45) is 7.05 Å². The van der Waals surface area contributed by atoms with Gasteiger partial charge < -0.3 is 14.2 Å². The van der Waals surface area contributed by atoms with Gasteiger partial charge in [-0.15, -0.1) is 0 Å². The summed E-state index contributed by atoms with van der Waals surface area (Å²) < 4.78 is 21.3. The Morgan fingerprint density at radius 1 is 1.23 bits per heavy atom. The van der Waals surface area contributed by atoms with E-state index >= 15 is 0 Å². The maximum atomic E-state index is 14.0. The van der Waals surface area contributed by atoms with Crippen molar-refractivity contribution in [2.75, 3.05) is 27.2 Å². The second-order valence-corrected chi connectivity index (χ2v) is 8.05. The van der Waals surface area contributed by atoms with Crippen molar-refractivity contribution in [3.63, 3.8) is 0 Å². The van der Waals surface area contributed by atoms with E-state index in [0.717, 1.165) is 42.6 Å². The summed E-state index contributed by atoms with van der Waals surface area (Å²) in [4.78, 5) is 17.4. The van der Waals surface area contributed by atoms with Crippen LogP contribution in [0.25, 0.3) is 10.9 Å². The molecular weight excluding hydrogens is 381 g/mol. The number of carbonyl (C=O) groups is 1. The monoisotopic (exact) mass is 409 g/mol. The highest BCUT2D eigenvalue weighted by Crippen LogP contribution is 2.26. The number of halogens is 1. The lowest BCUT2D eigenvalue weighted by Crippen LogP contribution is -2.48. The Balaban J connectivity index is 1.50. The van der Waals surface area contributed by atoms with E-state index in [9.17, 15) is 9.18 Å². The second kappa shape index (κ2) is 8.48. The lowest BCUT2D eigenvalue weighted by molar-refractivity contribution is 0.0599. The van der Waals surface area contributed by atoms with Crippen molar-refractivity contribution < 1.29 is 13.9 Å². The molecule has 1 atom stereocenters. The molecule has 5 nitrogen and oxygen atoms in total. The number of likely N-dealkylation sites (tertiary alicyclic amines) is 1. The predicted octanol–water partition coefficient (Wildman–Crippen LogP) is 4.06. The number of aryl methyl sites for hydroxylation is 1. The summed E-state index contributed by atoms with van der Waals surface area (Å²) in [5.74, 6) is 0.608. The van der Waals surface area contributed by atoms with Gasteiger partial charge in [0, 0.05) is 49.7 Å². The first-order valence-corrected chi connectivity index (χ1v) is 10.3. The van der Waals surface area contributed by atoms with Crippen LogP contribution < -0.4 is 4.74 Å². The molecule has 0 radical (unpaired) electrons. The zero-order valence-corrected chi connectivity index (χ0v) is 17.8. The molecule has 1 fully saturated rings. The van der Waals surface area contributed by atoms with E-state index in [2.05, 4.69) is 4.90 Å². The third-order valence-corrected chi connectivity index (χ3v) is 6.17. The quantitative estimate of drug-likeness (QED) is 0.638. The molecule has 0 saturated carbocycles. The maximum absolute atomic E-state index is 14.0. The number of hydrogen-bond donors (Lipinski definition) is 0. The lowest BCUT2D eigenvalue weighted by Gasteiger charge is -2.37. The van der Waals surface area contributed by atoms with Crippen LogP contribution in [-0.2, 0) is 13.6 Å². The third-order valence-electron chi connectivity index (χ3n) is 6.17. The van der Waals surface area contributed by atoms with Crippen LogP contribution in [0.3, 0.4) is 0 Å². The molecule has 0 N–H and O–H groups in total. The number of aromatic nitrogens is 1. The summed E-state index contributed by atoms with van der Waals surface area (Å²) in [6, 6.07) is 14.8. The molecule has 1 amide bonds. The Morgan fingerprint density at radius 3 is 2.80 bits per heavy atom. The number of benzene rings is 2. The van der Waals surface area contributed by atoms with Gasteiger partial charge in [-0.25, -0.2) is 4.39 Å². The molecule has 1 aromatic heterocycles. The molecule has 3 aromatic rings. The van der Waals surface area contributed by atoms with Crippen molar-refractivity contribution in [1.29, 1.82) is 0 Å². The molecular formula is C24H28FN3O2. The molecule has 0 bridgehead atoms. The van der Waals surface area contributed by atoms with Crippen LogP contribution in [0.15, 0.2) is 48.5 Å². The number of methoxy groups -OCH3 is 1. The van der Waals surface area contributed by atoms with Crippen molar-refractivity contribution >= 4 is 16.8 Å². The zero-order chi connectivity index (χ0) is 21.3. The molecule has 1 aliphatic rings. The lowest BCUT2D eigenvalue weighted by atomic mass is 10.0. The fourth-order valence-corrected chi connectivity index (χ4v) is 4.36. The second-order valence-electron chi connectivity index (χ2n) is 8.05. The van der Waals surface area contributed by atoms with Gasteiger partial charge in [0.15, 0.2) is 0 Å². The molecule has 1 unspecified atom stereocenters. The van der Waals surface area contributed by atoms with Gasteiger partial charge in [-0.3, -0.25) is 9.69 Å². The Morgan fingerprint density at radius 2 is 2.03 bits per heavy atom. The van der Waals surface area contributed by atoms with E-state index in [1.54, 1.807) is 13.2 Å². The average Bonchev–Trinajstić information content (AvgIpc) is 3.10. The van der Waals surface area contributed by atoms with Gasteiger partial charge in [0.1, 0.15) is 17.3 Å². The Labute approximate surface area is 176 Å². The molecule has 0 spiro atoms. The van der Waals surface area contributed by atoms with Gasteiger partial charge in [-0.2, -0.15) is 0 Å². The number of amides is 1. The number of nitrogens with zero attached hydrogens (tertiary/aromatic N) is 3. The Bertz CT molecular complexity index is 1060. The van der Waals surface area contributed by atoms with Crippen molar-refractivity contribution in [2.45, 2.75) is 25.4 Å². The number of piperidine rings is 1. The van der Waals surface area contributed by atoms with Crippen LogP contribution in [0.1, 0.15) is 28.9 Å². The summed E-state index contributed by atoms with van der Waals surface area (Å²) in [6.07, 6.45) is 1.94. The highest BCUT2D eigenvalue weighted by atomic mass is 19.1. The van der Waals surface area contributed by atoms with Crippen LogP contribution in [0.4, 0.5) is 4.39 Å². The van der Waals surface area contributed by atoms with E-state index in [4.69, 9.17) is 4.74 Å². The highest BCUT2D eigenvalue weighted by molar-refractivity contribution is 5.99. The topological polar surface area (TPSA) is 37.7 Å². The minimum atomic E-state index is -0.171. The fraction of sp³-hybridized carbons (Fsp3) is 0.375. The smallest absolute Gasteiger partial charge is 0.270 e. The number of fused-ring (bicyclic) bond motifs is 1. The minimum Gasteiger partial charge on any atom is -0.497 e. The Kier molecular flexibility index (Phi) is 5.77. The number of ether oxygens (including phenoxy) is 1. The standard InChI is InChI=1S/C24H28FN3O2/c1-26(19-8-6-12-28(16-19)15-17-7-4-5-9-21(17)25)24(29)23-14-18-13-20(30-3)10-11-22(18)27(23)2/h4-5,7,9-11,13-14,19H,6,8,12,15-16H2,1-3H3. The van der Waals surface area contributed by atoms with Crippen molar-refractivity contribution in [3.8, 4) is 5.75 Å². The first-order chi connectivity index (χ1) is 14.5. The molecule has 1 saturated heterocycles. The number of carbonyl (C=O) groups excluding carboxylic acids is 1. The SMILES string of the molecule is COc1ccc2c(c1)cc(C(=O)N(C)C1CCCN(Cc3ccccc3F)C1)n2C. The molecule has 4 rings (SSSR count). The van der Waals surface area contributed by atoms with Crippen LogP contribution in [0.5, 0.6) is 5.75 Å².